The Morgan fingerprint density at radius 3 is 2.79 bits per heavy atom. The molecule has 1 aliphatic carbocycles. The predicted molar refractivity (Wildman–Crippen MR) is 97.5 cm³/mol. The molecule has 0 radical (unpaired) electrons. The Morgan fingerprint density at radius 1 is 1.21 bits per heavy atom. The summed E-state index contributed by atoms with van der Waals surface area (Å²) in [6, 6.07) is 8.19. The van der Waals surface area contributed by atoms with Crippen LogP contribution in [0.4, 0.5) is 5.13 Å². The number of benzene rings is 1. The van der Waals surface area contributed by atoms with E-state index in [1.165, 1.54) is 36.8 Å². The van der Waals surface area contributed by atoms with Crippen LogP contribution in [0.2, 0.25) is 0 Å². The highest BCUT2D eigenvalue weighted by molar-refractivity contribution is 7.22. The van der Waals surface area contributed by atoms with E-state index in [9.17, 15) is 4.79 Å². The third kappa shape index (κ3) is 3.56. The molecule has 24 heavy (non-hydrogen) atoms. The summed E-state index contributed by atoms with van der Waals surface area (Å²) in [6.07, 6.45) is 8.25. The Kier molecular flexibility index (Phi) is 4.69. The lowest BCUT2D eigenvalue weighted by atomic mass is 9.86. The normalized spacial score (nSPS) is 19.4. The van der Waals surface area contributed by atoms with Crippen LogP contribution < -0.4 is 4.90 Å². The second-order valence-corrected chi connectivity index (χ2v) is 8.03. The van der Waals surface area contributed by atoms with E-state index in [1.807, 2.05) is 18.2 Å². The number of esters is 1. The van der Waals surface area contributed by atoms with Crippen LogP contribution in [0.5, 0.6) is 0 Å². The number of rotatable bonds is 5. The van der Waals surface area contributed by atoms with E-state index in [0.29, 0.717) is 6.42 Å². The number of hydrogen-bond donors (Lipinski definition) is 0. The Hall–Kier alpha value is -1.62. The van der Waals surface area contributed by atoms with Crippen LogP contribution in [0, 0.1) is 5.92 Å². The highest BCUT2D eigenvalue weighted by Crippen LogP contribution is 2.32. The maximum absolute atomic E-state index is 12.0. The molecule has 0 bridgehead atoms. The molecular weight excluding hydrogens is 320 g/mol. The first kappa shape index (κ1) is 15.9. The molecule has 2 aliphatic rings. The van der Waals surface area contributed by atoms with Gasteiger partial charge in [-0.2, -0.15) is 0 Å². The third-order valence-corrected chi connectivity index (χ3v) is 6.28. The lowest BCUT2D eigenvalue weighted by Gasteiger charge is -2.38. The molecule has 1 aliphatic heterocycles. The van der Waals surface area contributed by atoms with Gasteiger partial charge in [0, 0.05) is 6.42 Å². The van der Waals surface area contributed by atoms with Crippen molar-refractivity contribution in [1.82, 2.24) is 4.98 Å². The molecule has 5 heteroatoms. The quantitative estimate of drug-likeness (QED) is 0.755. The zero-order valence-corrected chi connectivity index (χ0v) is 14.8. The number of thiazole rings is 1. The van der Waals surface area contributed by atoms with Crippen molar-refractivity contribution in [3.63, 3.8) is 0 Å². The Morgan fingerprint density at radius 2 is 2.00 bits per heavy atom. The van der Waals surface area contributed by atoms with Gasteiger partial charge in [-0.1, -0.05) is 55.6 Å². The number of para-hydroxylation sites is 1. The van der Waals surface area contributed by atoms with Crippen molar-refractivity contribution in [2.24, 2.45) is 5.92 Å². The van der Waals surface area contributed by atoms with Crippen molar-refractivity contribution >= 4 is 32.7 Å². The van der Waals surface area contributed by atoms with Crippen LogP contribution in [-0.4, -0.2) is 30.1 Å². The van der Waals surface area contributed by atoms with E-state index in [-0.39, 0.29) is 12.1 Å². The fourth-order valence-corrected chi connectivity index (χ4v) is 4.69. The molecule has 0 N–H and O–H groups in total. The topological polar surface area (TPSA) is 42.4 Å². The number of aromatic nitrogens is 1. The highest BCUT2D eigenvalue weighted by atomic mass is 32.1. The van der Waals surface area contributed by atoms with Gasteiger partial charge in [-0.3, -0.25) is 4.79 Å². The molecule has 0 unspecified atom stereocenters. The van der Waals surface area contributed by atoms with Crippen LogP contribution in [-0.2, 0) is 9.53 Å². The Labute approximate surface area is 146 Å². The van der Waals surface area contributed by atoms with Gasteiger partial charge in [0.1, 0.15) is 6.10 Å². The number of fused-ring (bicyclic) bond motifs is 1. The van der Waals surface area contributed by atoms with Gasteiger partial charge in [-0.15, -0.1) is 0 Å². The number of carbonyl (C=O) groups excluding carboxylic acids is 1. The van der Waals surface area contributed by atoms with Crippen LogP contribution in [0.1, 0.15) is 44.9 Å². The van der Waals surface area contributed by atoms with Crippen LogP contribution in [0.15, 0.2) is 24.3 Å². The maximum atomic E-state index is 12.0. The lowest BCUT2D eigenvalue weighted by Crippen LogP contribution is -2.53. The fraction of sp³-hybridized carbons (Fsp3) is 0.579. The van der Waals surface area contributed by atoms with Crippen LogP contribution >= 0.6 is 11.3 Å². The molecule has 2 fully saturated rings. The van der Waals surface area contributed by atoms with Crippen molar-refractivity contribution in [2.45, 2.75) is 51.0 Å². The van der Waals surface area contributed by atoms with Crippen molar-refractivity contribution < 1.29 is 9.53 Å². The van der Waals surface area contributed by atoms with Crippen LogP contribution in [0.25, 0.3) is 10.2 Å². The minimum Gasteiger partial charge on any atom is -0.459 e. The van der Waals surface area contributed by atoms with Gasteiger partial charge in [-0.25, -0.2) is 4.98 Å². The maximum Gasteiger partial charge on any atom is 0.306 e. The third-order valence-electron chi connectivity index (χ3n) is 5.18. The van der Waals surface area contributed by atoms with Gasteiger partial charge in [0.2, 0.25) is 0 Å². The highest BCUT2D eigenvalue weighted by Gasteiger charge is 2.32. The molecule has 0 amide bonds. The summed E-state index contributed by atoms with van der Waals surface area (Å²) in [5.74, 6) is 0.724. The smallest absolute Gasteiger partial charge is 0.306 e. The van der Waals surface area contributed by atoms with Gasteiger partial charge < -0.3 is 9.64 Å². The minimum atomic E-state index is -0.0190. The molecule has 2 aromatic rings. The van der Waals surface area contributed by atoms with Gasteiger partial charge >= 0.3 is 5.97 Å². The number of ether oxygens (including phenoxy) is 1. The van der Waals surface area contributed by atoms with Crippen LogP contribution in [0.3, 0.4) is 0 Å². The van der Waals surface area contributed by atoms with Crippen molar-refractivity contribution in [1.29, 1.82) is 0 Å². The van der Waals surface area contributed by atoms with Crippen molar-refractivity contribution in [3.8, 4) is 0 Å². The summed E-state index contributed by atoms with van der Waals surface area (Å²) in [5, 5.41) is 1.03. The van der Waals surface area contributed by atoms with Gasteiger partial charge in [0.15, 0.2) is 5.13 Å². The Balaban J connectivity index is 1.21. The number of anilines is 1. The molecule has 1 saturated carbocycles. The van der Waals surface area contributed by atoms with E-state index in [4.69, 9.17) is 4.74 Å². The summed E-state index contributed by atoms with van der Waals surface area (Å²) in [6.45, 7) is 1.55. The number of carbonyl (C=O) groups is 1. The lowest BCUT2D eigenvalue weighted by molar-refractivity contribution is -0.150. The Bertz CT molecular complexity index is 669. The summed E-state index contributed by atoms with van der Waals surface area (Å²) >= 11 is 1.71. The zero-order valence-electron chi connectivity index (χ0n) is 13.9. The molecule has 1 aromatic heterocycles. The first-order valence-corrected chi connectivity index (χ1v) is 9.89. The number of hydrogen-bond acceptors (Lipinski definition) is 5. The monoisotopic (exact) mass is 344 g/mol. The molecule has 0 atom stereocenters. The summed E-state index contributed by atoms with van der Waals surface area (Å²) in [5.41, 5.74) is 1.05. The molecular formula is C19H24N2O2S. The summed E-state index contributed by atoms with van der Waals surface area (Å²) in [7, 11) is 0. The largest absolute Gasteiger partial charge is 0.459 e. The first-order valence-electron chi connectivity index (χ1n) is 9.08. The zero-order chi connectivity index (χ0) is 16.4. The summed E-state index contributed by atoms with van der Waals surface area (Å²) < 4.78 is 6.81. The van der Waals surface area contributed by atoms with E-state index < -0.39 is 0 Å². The molecule has 1 saturated heterocycles. The molecule has 4 nitrogen and oxygen atoms in total. The predicted octanol–water partition coefficient (Wildman–Crippen LogP) is 4.39. The molecule has 0 spiro atoms. The van der Waals surface area contributed by atoms with Crippen molar-refractivity contribution in [2.75, 3.05) is 18.0 Å². The van der Waals surface area contributed by atoms with E-state index in [0.717, 1.165) is 36.1 Å². The van der Waals surface area contributed by atoms with Gasteiger partial charge in [0.05, 0.1) is 23.3 Å². The molecule has 2 heterocycles. The number of nitrogens with zero attached hydrogens (tertiary/aromatic N) is 2. The standard InChI is InChI=1S/C19H24N2O2S/c22-18(11-10-14-6-2-1-3-7-14)23-15-12-21(13-15)19-20-16-8-4-5-9-17(16)24-19/h4-5,8-9,14-15H,1-3,6-7,10-13H2. The average Bonchev–Trinajstić information content (AvgIpc) is 3.00. The molecule has 1 aromatic carbocycles. The second-order valence-electron chi connectivity index (χ2n) is 7.02. The minimum absolute atomic E-state index is 0.0190. The van der Waals surface area contributed by atoms with E-state index >= 15 is 0 Å². The molecule has 4 rings (SSSR count). The van der Waals surface area contributed by atoms with E-state index in [2.05, 4.69) is 16.0 Å². The van der Waals surface area contributed by atoms with Gasteiger partial charge in [-0.05, 0) is 24.5 Å². The van der Waals surface area contributed by atoms with Gasteiger partial charge in [0.25, 0.3) is 0 Å². The summed E-state index contributed by atoms with van der Waals surface area (Å²) in [4.78, 5) is 18.9. The molecule has 128 valence electrons. The van der Waals surface area contributed by atoms with Crippen molar-refractivity contribution in [3.05, 3.63) is 24.3 Å². The average molecular weight is 344 g/mol. The fourth-order valence-electron chi connectivity index (χ4n) is 3.71. The first-order chi connectivity index (χ1) is 11.8. The SMILES string of the molecule is O=C(CCC1CCCCC1)OC1CN(c2nc3ccccc3s2)C1. The second kappa shape index (κ2) is 7.09. The van der Waals surface area contributed by atoms with E-state index in [1.54, 1.807) is 11.3 Å².